The zero-order valence-corrected chi connectivity index (χ0v) is 11.6. The Balaban J connectivity index is 0.000000673. The highest BCUT2D eigenvalue weighted by Crippen LogP contribution is 2.23. The topological polar surface area (TPSA) is 33.0 Å². The first-order valence-corrected chi connectivity index (χ1v) is 6.48. The van der Waals surface area contributed by atoms with Gasteiger partial charge in [-0.1, -0.05) is 12.3 Å². The summed E-state index contributed by atoms with van der Waals surface area (Å²) in [6.07, 6.45) is 3.90. The molecule has 1 fully saturated rings. The van der Waals surface area contributed by atoms with Crippen LogP contribution in [0, 0.1) is 10.7 Å². The maximum atomic E-state index is 7.13. The number of hydrogen-bond acceptors (Lipinski definition) is 3. The van der Waals surface area contributed by atoms with Gasteiger partial charge < -0.3 is 17.4 Å². The summed E-state index contributed by atoms with van der Waals surface area (Å²) in [5, 5.41) is 8.47. The fraction of sp³-hybridized carbons (Fsp3) is 0.917. The van der Waals surface area contributed by atoms with Gasteiger partial charge >= 0.3 is 0 Å². The Bertz CT molecular complexity index is 208. The van der Waals surface area contributed by atoms with Crippen LogP contribution in [0.2, 0.25) is 0 Å². The normalized spacial score (nSPS) is 17.7. The molecule has 0 bridgehead atoms. The maximum absolute atomic E-state index is 7.13. The molecule has 0 unspecified atom stereocenters. The lowest BCUT2D eigenvalue weighted by molar-refractivity contribution is -0.954. The zero-order valence-electron chi connectivity index (χ0n) is 10.7. The number of likely N-dealkylation sites (tertiary alicyclic amines) is 1. The smallest absolute Gasteiger partial charge is 0.183 e. The molecule has 0 spiro atoms. The van der Waals surface area contributed by atoms with Crippen molar-refractivity contribution in [1.29, 1.82) is 5.26 Å². The van der Waals surface area contributed by atoms with Crippen LogP contribution in [-0.4, -0.2) is 37.0 Å². The van der Waals surface area contributed by atoms with Crippen LogP contribution in [0.25, 0.3) is 0 Å². The van der Waals surface area contributed by atoms with Gasteiger partial charge in [0, 0.05) is 12.8 Å². The molecule has 0 aromatic carbocycles. The molecule has 1 aliphatic rings. The lowest BCUT2D eigenvalue weighted by Crippen LogP contribution is -2.52. The van der Waals surface area contributed by atoms with E-state index in [0.29, 0.717) is 0 Å². The van der Waals surface area contributed by atoms with Crippen LogP contribution < -0.4 is 0 Å². The van der Waals surface area contributed by atoms with Crippen molar-refractivity contribution in [2.45, 2.75) is 46.1 Å². The minimum absolute atomic E-state index is 0.722. The van der Waals surface area contributed by atoms with E-state index in [1.165, 1.54) is 35.8 Å². The average Bonchev–Trinajstić information content (AvgIpc) is 2.69. The van der Waals surface area contributed by atoms with E-state index in [2.05, 4.69) is 33.4 Å². The Labute approximate surface area is 105 Å². The third kappa shape index (κ3) is 5.11. The van der Waals surface area contributed by atoms with Crippen molar-refractivity contribution in [3.8, 4) is 5.40 Å². The van der Waals surface area contributed by atoms with Crippen molar-refractivity contribution < 1.29 is 9.22 Å². The van der Waals surface area contributed by atoms with Crippen LogP contribution in [0.5, 0.6) is 0 Å². The van der Waals surface area contributed by atoms with Gasteiger partial charge in [0.05, 0.1) is 25.7 Å². The molecule has 1 rings (SSSR count). The summed E-state index contributed by atoms with van der Waals surface area (Å²) < 4.78 is 6.90. The highest BCUT2D eigenvalue weighted by molar-refractivity contribution is 7.64. The molecule has 0 N–H and O–H groups in total. The monoisotopic (exact) mass is 244 g/mol. The first-order chi connectivity index (χ1) is 7.63. The van der Waals surface area contributed by atoms with Gasteiger partial charge in [-0.25, -0.2) is 5.26 Å². The molecule has 1 aliphatic heterocycles. The molecule has 0 amide bonds. The SMILES string of the molecule is CCCOC[N+]1(C(C)C)CCCC1.N#C[S-]. The van der Waals surface area contributed by atoms with E-state index < -0.39 is 0 Å². The molecule has 1 saturated heterocycles. The molecule has 0 aliphatic carbocycles. The molecule has 94 valence electrons. The number of thiocyanates is 1. The molecule has 0 radical (unpaired) electrons. The Hall–Kier alpha value is -0.370. The van der Waals surface area contributed by atoms with Gasteiger partial charge in [-0.15, -0.1) is 0 Å². The second-order valence-corrected chi connectivity index (χ2v) is 4.78. The van der Waals surface area contributed by atoms with Crippen LogP contribution in [0.1, 0.15) is 40.0 Å². The molecule has 16 heavy (non-hydrogen) atoms. The van der Waals surface area contributed by atoms with Gasteiger partial charge in [0.1, 0.15) is 0 Å². The van der Waals surface area contributed by atoms with Gasteiger partial charge in [0.2, 0.25) is 0 Å². The molecule has 0 atom stereocenters. The zero-order chi connectivity index (χ0) is 12.4. The number of nitriles is 1. The number of hydrogen-bond donors (Lipinski definition) is 0. The lowest BCUT2D eigenvalue weighted by atomic mass is 10.3. The molecule has 4 heteroatoms. The molecular weight excluding hydrogens is 220 g/mol. The van der Waals surface area contributed by atoms with E-state index in [4.69, 9.17) is 10.00 Å². The van der Waals surface area contributed by atoms with Crippen molar-refractivity contribution in [2.75, 3.05) is 26.4 Å². The summed E-state index contributed by atoms with van der Waals surface area (Å²) in [6.45, 7) is 11.3. The van der Waals surface area contributed by atoms with E-state index >= 15 is 0 Å². The summed E-state index contributed by atoms with van der Waals surface area (Å²) in [5.74, 6) is 0. The molecule has 3 nitrogen and oxygen atoms in total. The third-order valence-electron chi connectivity index (χ3n) is 3.25. The van der Waals surface area contributed by atoms with E-state index in [-0.39, 0.29) is 0 Å². The standard InChI is InChI=1S/C11H24NO.CHNS/c1-4-9-13-10-12(11(2)3)7-5-6-8-12;2-1-3/h11H,4-10H2,1-3H3;3H/q+1;/p-1. The Morgan fingerprint density at radius 2 is 1.88 bits per heavy atom. The van der Waals surface area contributed by atoms with Crippen LogP contribution in [0.15, 0.2) is 0 Å². The maximum Gasteiger partial charge on any atom is 0.183 e. The van der Waals surface area contributed by atoms with Crippen molar-refractivity contribution in [1.82, 2.24) is 0 Å². The van der Waals surface area contributed by atoms with Gasteiger partial charge in [-0.2, -0.15) is 0 Å². The van der Waals surface area contributed by atoms with Crippen LogP contribution >= 0.6 is 0 Å². The van der Waals surface area contributed by atoms with E-state index in [1.807, 2.05) is 0 Å². The van der Waals surface area contributed by atoms with E-state index in [9.17, 15) is 0 Å². The van der Waals surface area contributed by atoms with E-state index in [0.717, 1.165) is 25.8 Å². The van der Waals surface area contributed by atoms with Crippen molar-refractivity contribution in [3.63, 3.8) is 0 Å². The molecule has 0 saturated carbocycles. The van der Waals surface area contributed by atoms with Crippen molar-refractivity contribution in [2.24, 2.45) is 0 Å². The van der Waals surface area contributed by atoms with Crippen LogP contribution in [0.4, 0.5) is 0 Å². The van der Waals surface area contributed by atoms with Crippen LogP contribution in [0.3, 0.4) is 0 Å². The minimum Gasteiger partial charge on any atom is -0.696 e. The fourth-order valence-corrected chi connectivity index (χ4v) is 2.15. The number of rotatable bonds is 5. The summed E-state index contributed by atoms with van der Waals surface area (Å²) >= 11 is 3.70. The van der Waals surface area contributed by atoms with E-state index in [1.54, 1.807) is 0 Å². The Kier molecular flexibility index (Phi) is 8.54. The first kappa shape index (κ1) is 15.6. The van der Waals surface area contributed by atoms with Gasteiger partial charge in [0.15, 0.2) is 6.73 Å². The van der Waals surface area contributed by atoms with Crippen molar-refractivity contribution >= 4 is 12.6 Å². The predicted molar refractivity (Wildman–Crippen MR) is 68.5 cm³/mol. The number of ether oxygens (including phenoxy) is 1. The lowest BCUT2D eigenvalue weighted by Gasteiger charge is -2.37. The first-order valence-electron chi connectivity index (χ1n) is 6.07. The predicted octanol–water partition coefficient (Wildman–Crippen LogP) is 2.40. The molecule has 0 aromatic rings. The minimum atomic E-state index is 0.722. The average molecular weight is 244 g/mol. The Morgan fingerprint density at radius 3 is 2.25 bits per heavy atom. The largest absolute Gasteiger partial charge is 0.696 e. The molecule has 0 aromatic heterocycles. The van der Waals surface area contributed by atoms with Crippen LogP contribution in [-0.2, 0) is 17.4 Å². The summed E-state index contributed by atoms with van der Waals surface area (Å²) in [6, 6.07) is 0.722. The molecule has 1 heterocycles. The molecular formula is C12H24N2OS. The van der Waals surface area contributed by atoms with Gasteiger partial charge in [-0.05, 0) is 20.3 Å². The number of nitrogens with zero attached hydrogens (tertiary/aromatic N) is 2. The second kappa shape index (κ2) is 8.74. The van der Waals surface area contributed by atoms with Crippen molar-refractivity contribution in [3.05, 3.63) is 0 Å². The Morgan fingerprint density at radius 1 is 1.38 bits per heavy atom. The fourth-order valence-electron chi connectivity index (χ4n) is 2.15. The van der Waals surface area contributed by atoms with Gasteiger partial charge in [0.25, 0.3) is 0 Å². The summed E-state index contributed by atoms with van der Waals surface area (Å²) in [7, 11) is 0. The number of quaternary nitrogens is 1. The highest BCUT2D eigenvalue weighted by Gasteiger charge is 2.34. The quantitative estimate of drug-likeness (QED) is 0.322. The summed E-state index contributed by atoms with van der Waals surface area (Å²) in [5.41, 5.74) is 0. The highest BCUT2D eigenvalue weighted by atomic mass is 32.1. The third-order valence-corrected chi connectivity index (χ3v) is 3.25. The van der Waals surface area contributed by atoms with Gasteiger partial charge in [-0.3, -0.25) is 4.48 Å². The summed E-state index contributed by atoms with van der Waals surface area (Å²) in [4.78, 5) is 0. The second-order valence-electron chi connectivity index (χ2n) is 4.60.